The first-order chi connectivity index (χ1) is 8.60. The summed E-state index contributed by atoms with van der Waals surface area (Å²) < 4.78 is 0. The highest BCUT2D eigenvalue weighted by atomic mass is 16.2. The van der Waals surface area contributed by atoms with Gasteiger partial charge >= 0.3 is 0 Å². The Hall–Kier alpha value is -2.24. The third kappa shape index (κ3) is 2.53. The van der Waals surface area contributed by atoms with Gasteiger partial charge in [0.05, 0.1) is 17.8 Å². The third-order valence-electron chi connectivity index (χ3n) is 2.85. The van der Waals surface area contributed by atoms with Gasteiger partial charge in [-0.25, -0.2) is 0 Å². The molecule has 0 spiro atoms. The van der Waals surface area contributed by atoms with Gasteiger partial charge in [-0.1, -0.05) is 0 Å². The number of nitrogens with two attached hydrogens (primary N) is 1. The van der Waals surface area contributed by atoms with Crippen LogP contribution in [0.5, 0.6) is 0 Å². The van der Waals surface area contributed by atoms with Crippen LogP contribution >= 0.6 is 0 Å². The number of nitrogens with one attached hydrogen (secondary N) is 3. The molecule has 1 aliphatic heterocycles. The smallest absolute Gasteiger partial charge is 0.228 e. The molecule has 2 rings (SSSR count). The maximum Gasteiger partial charge on any atom is 0.228 e. The monoisotopic (exact) mass is 248 g/mol. The largest absolute Gasteiger partial charge is 0.397 e. The van der Waals surface area contributed by atoms with Gasteiger partial charge in [-0.05, 0) is 17.7 Å². The summed E-state index contributed by atoms with van der Waals surface area (Å²) in [6, 6.07) is 3.59. The lowest BCUT2D eigenvalue weighted by atomic mass is 10.1. The van der Waals surface area contributed by atoms with Crippen molar-refractivity contribution in [2.24, 2.45) is 0 Å². The van der Waals surface area contributed by atoms with Gasteiger partial charge in [0.2, 0.25) is 11.8 Å². The number of fused-ring (bicyclic) bond motifs is 1. The first-order valence-corrected chi connectivity index (χ1v) is 5.77. The topological polar surface area (TPSA) is 96.2 Å². The van der Waals surface area contributed by atoms with Crippen molar-refractivity contribution < 1.29 is 9.59 Å². The van der Waals surface area contributed by atoms with Gasteiger partial charge < -0.3 is 21.7 Å². The van der Waals surface area contributed by atoms with Crippen LogP contribution in [0.4, 0.5) is 17.1 Å². The van der Waals surface area contributed by atoms with E-state index in [2.05, 4.69) is 16.0 Å². The average molecular weight is 248 g/mol. The third-order valence-corrected chi connectivity index (χ3v) is 2.85. The summed E-state index contributed by atoms with van der Waals surface area (Å²) >= 11 is 0. The van der Waals surface area contributed by atoms with Gasteiger partial charge in [0.15, 0.2) is 0 Å². The van der Waals surface area contributed by atoms with E-state index in [0.29, 0.717) is 25.1 Å². The van der Waals surface area contributed by atoms with Crippen molar-refractivity contribution in [1.29, 1.82) is 0 Å². The standard InChI is InChI=1S/C12H16N4O2/c1-14-11(17)2-3-15-10-6-9-7(4-8(10)13)5-12(18)16-9/h4,6,15H,2-3,5,13H2,1H3,(H,14,17)(H,16,18). The van der Waals surface area contributed by atoms with Crippen molar-refractivity contribution in [3.8, 4) is 0 Å². The van der Waals surface area contributed by atoms with E-state index in [1.165, 1.54) is 0 Å². The van der Waals surface area contributed by atoms with Crippen LogP contribution in [-0.2, 0) is 16.0 Å². The fourth-order valence-corrected chi connectivity index (χ4v) is 1.88. The lowest BCUT2D eigenvalue weighted by Crippen LogP contribution is -2.21. The Morgan fingerprint density at radius 2 is 2.28 bits per heavy atom. The molecule has 0 saturated carbocycles. The number of carbonyl (C=O) groups excluding carboxylic acids is 2. The molecule has 2 amide bonds. The average Bonchev–Trinajstić information content (AvgIpc) is 2.68. The van der Waals surface area contributed by atoms with E-state index in [0.717, 1.165) is 16.9 Å². The molecule has 6 heteroatoms. The van der Waals surface area contributed by atoms with Gasteiger partial charge in [-0.2, -0.15) is 0 Å². The number of rotatable bonds is 4. The Kier molecular flexibility index (Phi) is 3.36. The molecule has 0 unspecified atom stereocenters. The number of amides is 2. The zero-order chi connectivity index (χ0) is 13.1. The fraction of sp³-hybridized carbons (Fsp3) is 0.333. The van der Waals surface area contributed by atoms with Crippen LogP contribution < -0.4 is 21.7 Å². The molecule has 1 heterocycles. The minimum Gasteiger partial charge on any atom is -0.397 e. The molecule has 0 saturated heterocycles. The van der Waals surface area contributed by atoms with E-state index in [-0.39, 0.29) is 11.8 Å². The molecule has 0 fully saturated rings. The highest BCUT2D eigenvalue weighted by molar-refractivity contribution is 6.00. The van der Waals surface area contributed by atoms with Gasteiger partial charge in [-0.15, -0.1) is 0 Å². The predicted octanol–water partition coefficient (Wildman–Crippen LogP) is 0.311. The van der Waals surface area contributed by atoms with Gasteiger partial charge in [-0.3, -0.25) is 9.59 Å². The number of nitrogen functional groups attached to an aromatic ring is 1. The van der Waals surface area contributed by atoms with Crippen LogP contribution in [0, 0.1) is 0 Å². The van der Waals surface area contributed by atoms with Crippen LogP contribution in [0.3, 0.4) is 0 Å². The molecular formula is C12H16N4O2. The van der Waals surface area contributed by atoms with E-state index >= 15 is 0 Å². The van der Waals surface area contributed by atoms with Crippen molar-refractivity contribution in [2.45, 2.75) is 12.8 Å². The molecule has 0 aromatic heterocycles. The summed E-state index contributed by atoms with van der Waals surface area (Å²) in [7, 11) is 1.60. The normalized spacial score (nSPS) is 12.8. The minimum absolute atomic E-state index is 0.0214. The molecule has 96 valence electrons. The van der Waals surface area contributed by atoms with E-state index < -0.39 is 0 Å². The second-order valence-electron chi connectivity index (χ2n) is 4.17. The molecule has 1 aliphatic rings. The summed E-state index contributed by atoms with van der Waals surface area (Å²) in [5, 5.41) is 8.39. The zero-order valence-electron chi connectivity index (χ0n) is 10.2. The lowest BCUT2D eigenvalue weighted by molar-refractivity contribution is -0.120. The summed E-state index contributed by atoms with van der Waals surface area (Å²) in [6.07, 6.45) is 0.747. The van der Waals surface area contributed by atoms with E-state index in [4.69, 9.17) is 5.73 Å². The van der Waals surface area contributed by atoms with Crippen molar-refractivity contribution in [3.63, 3.8) is 0 Å². The number of anilines is 3. The number of carbonyl (C=O) groups is 2. The van der Waals surface area contributed by atoms with Crippen molar-refractivity contribution >= 4 is 28.9 Å². The number of hydrogen-bond acceptors (Lipinski definition) is 4. The first-order valence-electron chi connectivity index (χ1n) is 5.77. The summed E-state index contributed by atoms with van der Waals surface area (Å²) in [6.45, 7) is 0.497. The van der Waals surface area contributed by atoms with Gasteiger partial charge in [0.1, 0.15) is 0 Å². The second kappa shape index (κ2) is 4.95. The SMILES string of the molecule is CNC(=O)CCNc1cc2c(cc1N)CC(=O)N2. The Morgan fingerprint density at radius 1 is 1.50 bits per heavy atom. The maximum atomic E-state index is 11.2. The van der Waals surface area contributed by atoms with Gasteiger partial charge in [0, 0.05) is 25.7 Å². The lowest BCUT2D eigenvalue weighted by Gasteiger charge is -2.11. The Balaban J connectivity index is 2.03. The molecule has 0 atom stereocenters. The Labute approximate surface area is 105 Å². The number of hydrogen-bond donors (Lipinski definition) is 4. The Morgan fingerprint density at radius 3 is 3.00 bits per heavy atom. The molecule has 5 N–H and O–H groups in total. The molecule has 0 aliphatic carbocycles. The highest BCUT2D eigenvalue weighted by Gasteiger charge is 2.19. The summed E-state index contributed by atoms with van der Waals surface area (Å²) in [5.41, 5.74) is 8.91. The molecule has 0 bridgehead atoms. The second-order valence-corrected chi connectivity index (χ2v) is 4.17. The fourth-order valence-electron chi connectivity index (χ4n) is 1.88. The number of benzene rings is 1. The molecule has 6 nitrogen and oxygen atoms in total. The quantitative estimate of drug-likeness (QED) is 0.577. The first kappa shape index (κ1) is 12.2. The molecule has 1 aromatic rings. The van der Waals surface area contributed by atoms with Crippen molar-refractivity contribution in [1.82, 2.24) is 5.32 Å². The van der Waals surface area contributed by atoms with Gasteiger partial charge in [0.25, 0.3) is 0 Å². The van der Waals surface area contributed by atoms with Crippen LogP contribution in [0.2, 0.25) is 0 Å². The van der Waals surface area contributed by atoms with Crippen molar-refractivity contribution in [3.05, 3.63) is 17.7 Å². The summed E-state index contributed by atoms with van der Waals surface area (Å²) in [5.74, 6) is -0.0533. The highest BCUT2D eigenvalue weighted by Crippen LogP contribution is 2.31. The van der Waals surface area contributed by atoms with E-state index in [9.17, 15) is 9.59 Å². The van der Waals surface area contributed by atoms with Crippen LogP contribution in [0.25, 0.3) is 0 Å². The van der Waals surface area contributed by atoms with Crippen LogP contribution in [0.15, 0.2) is 12.1 Å². The van der Waals surface area contributed by atoms with Crippen molar-refractivity contribution in [2.75, 3.05) is 30.0 Å². The van der Waals surface area contributed by atoms with E-state index in [1.807, 2.05) is 0 Å². The Bertz CT molecular complexity index is 499. The van der Waals surface area contributed by atoms with Crippen LogP contribution in [-0.4, -0.2) is 25.4 Å². The summed E-state index contributed by atoms with van der Waals surface area (Å²) in [4.78, 5) is 22.3. The van der Waals surface area contributed by atoms with Crippen LogP contribution in [0.1, 0.15) is 12.0 Å². The maximum absolute atomic E-state index is 11.2. The van der Waals surface area contributed by atoms with E-state index in [1.54, 1.807) is 19.2 Å². The molecular weight excluding hydrogens is 232 g/mol. The molecule has 1 aromatic carbocycles. The zero-order valence-corrected chi connectivity index (χ0v) is 10.2. The minimum atomic E-state index is -0.0319. The molecule has 0 radical (unpaired) electrons. The molecule has 18 heavy (non-hydrogen) atoms. The predicted molar refractivity (Wildman–Crippen MR) is 70.4 cm³/mol.